The van der Waals surface area contributed by atoms with Crippen LogP contribution in [0.4, 0.5) is 0 Å². The average molecular weight is 447 g/mol. The van der Waals surface area contributed by atoms with Crippen molar-refractivity contribution in [1.82, 2.24) is 19.5 Å². The first-order valence-electron chi connectivity index (χ1n) is 11.5. The molecule has 2 N–H and O–H groups in total. The van der Waals surface area contributed by atoms with E-state index in [9.17, 15) is 5.11 Å². The molecule has 0 aliphatic carbocycles. The molecule has 6 rings (SSSR count). The van der Waals surface area contributed by atoms with Gasteiger partial charge in [0.1, 0.15) is 17.1 Å². The summed E-state index contributed by atoms with van der Waals surface area (Å²) in [4.78, 5) is 13.4. The third kappa shape index (κ3) is 3.08. The molecule has 5 heteroatoms. The molecule has 0 fully saturated rings. The van der Waals surface area contributed by atoms with Gasteiger partial charge in [-0.3, -0.25) is 0 Å². The molecule has 3 heterocycles. The predicted molar refractivity (Wildman–Crippen MR) is 139 cm³/mol. The summed E-state index contributed by atoms with van der Waals surface area (Å²) in [6.45, 7) is 6.70. The van der Waals surface area contributed by atoms with Crippen molar-refractivity contribution in [3.05, 3.63) is 78.5 Å². The summed E-state index contributed by atoms with van der Waals surface area (Å²) in [5, 5.41) is 12.4. The number of H-pyrrole nitrogens is 1. The first kappa shape index (κ1) is 20.5. The number of para-hydroxylation sites is 2. The van der Waals surface area contributed by atoms with Crippen molar-refractivity contribution in [2.45, 2.75) is 26.2 Å². The van der Waals surface area contributed by atoms with Gasteiger partial charge >= 0.3 is 0 Å². The fraction of sp³-hybridized carbons (Fsp3) is 0.172. The standard InChI is InChI=1S/C29H26N4O/c1-29(2,3)19-15-18-13-14-30-25(18)21(16-19)28-32-27-20(8-6-9-23(27)33(28)4)22-12-11-17-7-5-10-24(34)26(17)31-22/h5-16,30,34H,1-4H3. The Morgan fingerprint density at radius 1 is 0.824 bits per heavy atom. The maximum absolute atomic E-state index is 10.3. The van der Waals surface area contributed by atoms with Crippen LogP contribution in [0.3, 0.4) is 0 Å². The van der Waals surface area contributed by atoms with Gasteiger partial charge in [-0.1, -0.05) is 51.1 Å². The lowest BCUT2D eigenvalue weighted by atomic mass is 9.85. The Kier molecular flexibility index (Phi) is 4.33. The summed E-state index contributed by atoms with van der Waals surface area (Å²) in [6, 6.07) is 22.2. The molecule has 0 radical (unpaired) electrons. The lowest BCUT2D eigenvalue weighted by Gasteiger charge is -2.20. The monoisotopic (exact) mass is 446 g/mol. The lowest BCUT2D eigenvalue weighted by Crippen LogP contribution is -2.11. The van der Waals surface area contributed by atoms with Crippen molar-refractivity contribution >= 4 is 32.8 Å². The van der Waals surface area contributed by atoms with Crippen LogP contribution in [-0.4, -0.2) is 24.6 Å². The zero-order chi connectivity index (χ0) is 23.6. The molecular formula is C29H26N4O. The van der Waals surface area contributed by atoms with Crippen LogP contribution in [0.2, 0.25) is 0 Å². The number of aromatic nitrogens is 4. The van der Waals surface area contributed by atoms with Crippen LogP contribution in [0, 0.1) is 0 Å². The number of nitrogens with zero attached hydrogens (tertiary/aromatic N) is 3. The molecule has 0 saturated carbocycles. The van der Waals surface area contributed by atoms with E-state index in [0.29, 0.717) is 5.52 Å². The van der Waals surface area contributed by atoms with Gasteiger partial charge < -0.3 is 14.7 Å². The Morgan fingerprint density at radius 3 is 2.47 bits per heavy atom. The van der Waals surface area contributed by atoms with Crippen molar-refractivity contribution in [3.63, 3.8) is 0 Å². The summed E-state index contributed by atoms with van der Waals surface area (Å²) < 4.78 is 2.15. The molecule has 0 spiro atoms. The quantitative estimate of drug-likeness (QED) is 0.303. The van der Waals surface area contributed by atoms with E-state index in [2.05, 4.69) is 61.6 Å². The fourth-order valence-electron chi connectivity index (χ4n) is 4.72. The average Bonchev–Trinajstić information content (AvgIpc) is 3.42. The molecule has 3 aromatic carbocycles. The Hall–Kier alpha value is -4.12. The third-order valence-corrected chi connectivity index (χ3v) is 6.65. The molecular weight excluding hydrogens is 420 g/mol. The highest BCUT2D eigenvalue weighted by Crippen LogP contribution is 2.37. The molecule has 5 nitrogen and oxygen atoms in total. The van der Waals surface area contributed by atoms with Crippen molar-refractivity contribution < 1.29 is 5.11 Å². The van der Waals surface area contributed by atoms with Gasteiger partial charge in [-0.2, -0.15) is 0 Å². The van der Waals surface area contributed by atoms with Crippen LogP contribution in [0.15, 0.2) is 72.9 Å². The number of hydrogen-bond donors (Lipinski definition) is 2. The van der Waals surface area contributed by atoms with Crippen molar-refractivity contribution in [1.29, 1.82) is 0 Å². The van der Waals surface area contributed by atoms with E-state index in [1.54, 1.807) is 6.07 Å². The molecule has 0 atom stereocenters. The summed E-state index contributed by atoms with van der Waals surface area (Å²) >= 11 is 0. The second-order valence-electron chi connectivity index (χ2n) is 9.93. The normalized spacial score (nSPS) is 12.2. The molecule has 0 amide bonds. The molecule has 6 aromatic rings. The zero-order valence-electron chi connectivity index (χ0n) is 19.7. The Balaban J connectivity index is 1.61. The first-order chi connectivity index (χ1) is 16.3. The van der Waals surface area contributed by atoms with Crippen LogP contribution >= 0.6 is 0 Å². The molecule has 34 heavy (non-hydrogen) atoms. The van der Waals surface area contributed by atoms with Crippen molar-refractivity contribution in [2.75, 3.05) is 0 Å². The molecule has 3 aromatic heterocycles. The van der Waals surface area contributed by atoms with E-state index in [4.69, 9.17) is 9.97 Å². The minimum Gasteiger partial charge on any atom is -0.506 e. The number of benzene rings is 3. The highest BCUT2D eigenvalue weighted by atomic mass is 16.3. The van der Waals surface area contributed by atoms with E-state index < -0.39 is 0 Å². The Labute approximate surface area is 197 Å². The predicted octanol–water partition coefficient (Wildman–Crippen LogP) is 6.94. The van der Waals surface area contributed by atoms with Gasteiger partial charge in [-0.15, -0.1) is 0 Å². The van der Waals surface area contributed by atoms with Crippen LogP contribution in [0.1, 0.15) is 26.3 Å². The zero-order valence-corrected chi connectivity index (χ0v) is 19.7. The lowest BCUT2D eigenvalue weighted by molar-refractivity contribution is 0.480. The number of nitrogens with one attached hydrogen (secondary N) is 1. The van der Waals surface area contributed by atoms with Crippen LogP contribution < -0.4 is 0 Å². The highest BCUT2D eigenvalue weighted by Gasteiger charge is 2.21. The number of hydrogen-bond acceptors (Lipinski definition) is 3. The molecule has 168 valence electrons. The SMILES string of the molecule is Cn1c(-c2cc(C(C)(C)C)cc3cc[nH]c23)nc2c(-c3ccc4cccc(O)c4n3)cccc21. The van der Waals surface area contributed by atoms with E-state index in [-0.39, 0.29) is 11.2 Å². The number of phenolic OH excluding ortho intramolecular Hbond substituents is 1. The fourth-order valence-corrected chi connectivity index (χ4v) is 4.72. The van der Waals surface area contributed by atoms with Crippen molar-refractivity contribution in [3.8, 4) is 28.4 Å². The maximum Gasteiger partial charge on any atom is 0.143 e. The van der Waals surface area contributed by atoms with E-state index in [1.807, 2.05) is 42.6 Å². The van der Waals surface area contributed by atoms with Gasteiger partial charge in [0.15, 0.2) is 0 Å². The van der Waals surface area contributed by atoms with Gasteiger partial charge in [-0.25, -0.2) is 9.97 Å². The maximum atomic E-state index is 10.3. The van der Waals surface area contributed by atoms with Crippen LogP contribution in [0.25, 0.3) is 55.5 Å². The number of aryl methyl sites for hydroxylation is 1. The molecule has 0 bridgehead atoms. The van der Waals surface area contributed by atoms with Gasteiger partial charge in [0.2, 0.25) is 0 Å². The summed E-state index contributed by atoms with van der Waals surface area (Å²) in [5.74, 6) is 1.09. The van der Waals surface area contributed by atoms with E-state index in [0.717, 1.165) is 44.6 Å². The minimum absolute atomic E-state index is 0.0208. The topological polar surface area (TPSA) is 66.7 Å². The Morgan fingerprint density at radius 2 is 1.65 bits per heavy atom. The van der Waals surface area contributed by atoms with Gasteiger partial charge in [0.05, 0.1) is 22.2 Å². The molecule has 0 unspecified atom stereocenters. The number of imidazole rings is 1. The minimum atomic E-state index is 0.0208. The molecule has 0 saturated heterocycles. The largest absolute Gasteiger partial charge is 0.506 e. The van der Waals surface area contributed by atoms with E-state index >= 15 is 0 Å². The highest BCUT2D eigenvalue weighted by molar-refractivity contribution is 5.99. The van der Waals surface area contributed by atoms with Gasteiger partial charge in [0, 0.05) is 35.1 Å². The summed E-state index contributed by atoms with van der Waals surface area (Å²) in [5.41, 5.74) is 7.72. The number of fused-ring (bicyclic) bond motifs is 3. The number of aromatic amines is 1. The summed E-state index contributed by atoms with van der Waals surface area (Å²) in [7, 11) is 2.06. The number of rotatable bonds is 2. The molecule has 0 aliphatic heterocycles. The Bertz CT molecular complexity index is 1720. The van der Waals surface area contributed by atoms with E-state index in [1.165, 1.54) is 10.9 Å². The summed E-state index contributed by atoms with van der Waals surface area (Å²) in [6.07, 6.45) is 1.99. The number of pyridine rings is 1. The number of phenols is 1. The number of aromatic hydroxyl groups is 1. The van der Waals surface area contributed by atoms with Gasteiger partial charge in [-0.05, 0) is 47.4 Å². The smallest absolute Gasteiger partial charge is 0.143 e. The second-order valence-corrected chi connectivity index (χ2v) is 9.93. The van der Waals surface area contributed by atoms with Crippen LogP contribution in [-0.2, 0) is 12.5 Å². The molecule has 0 aliphatic rings. The van der Waals surface area contributed by atoms with Crippen LogP contribution in [0.5, 0.6) is 5.75 Å². The third-order valence-electron chi connectivity index (χ3n) is 6.65. The van der Waals surface area contributed by atoms with Gasteiger partial charge in [0.25, 0.3) is 0 Å². The first-order valence-corrected chi connectivity index (χ1v) is 11.5. The second kappa shape index (κ2) is 7.19. The van der Waals surface area contributed by atoms with Crippen molar-refractivity contribution in [2.24, 2.45) is 7.05 Å².